The normalized spacial score (nSPS) is 11.7. The van der Waals surface area contributed by atoms with E-state index < -0.39 is 5.92 Å². The van der Waals surface area contributed by atoms with Crippen LogP contribution in [-0.4, -0.2) is 6.61 Å². The van der Waals surface area contributed by atoms with Crippen molar-refractivity contribution in [1.29, 1.82) is 0 Å². The Labute approximate surface area is 81.6 Å². The molecule has 0 unspecified atom stereocenters. The van der Waals surface area contributed by atoms with Crippen molar-refractivity contribution < 1.29 is 13.6 Å². The Morgan fingerprint density at radius 3 is 2.29 bits per heavy atom. The molecule has 1 rings (SSSR count). The Balaban J connectivity index is 2.69. The van der Waals surface area contributed by atoms with Gasteiger partial charge in [-0.25, -0.2) is 14.7 Å². The maximum absolute atomic E-state index is 12.8. The van der Waals surface area contributed by atoms with Crippen LogP contribution in [-0.2, 0) is 17.2 Å². The number of benzene rings is 1. The first-order valence-electron chi connectivity index (χ1n) is 4.33. The zero-order chi connectivity index (χ0) is 10.6. The van der Waals surface area contributed by atoms with E-state index in [1.54, 1.807) is 12.1 Å². The van der Waals surface area contributed by atoms with Gasteiger partial charge in [-0.15, -0.1) is 0 Å². The van der Waals surface area contributed by atoms with Crippen LogP contribution in [0.2, 0.25) is 0 Å². The predicted molar refractivity (Wildman–Crippen MR) is 49.9 cm³/mol. The van der Waals surface area contributed by atoms with Gasteiger partial charge in [-0.05, 0) is 12.0 Å². The van der Waals surface area contributed by atoms with Gasteiger partial charge in [-0.3, -0.25) is 0 Å². The molecule has 0 fully saturated rings. The molecule has 0 aliphatic carbocycles. The lowest BCUT2D eigenvalue weighted by Crippen LogP contribution is -2.07. The maximum Gasteiger partial charge on any atom is 0.270 e. The first-order chi connectivity index (χ1) is 6.54. The summed E-state index contributed by atoms with van der Waals surface area (Å²) in [5.41, 5.74) is 0.957. The first kappa shape index (κ1) is 11.1. The third-order valence-electron chi connectivity index (χ3n) is 1.97. The number of alkyl halides is 2. The molecule has 1 aromatic carbocycles. The number of rotatable bonds is 4. The number of nitrogens with two attached hydrogens (primary N) is 1. The standard InChI is InChI=1S/C10H13F2NO/c1-10(11,12)9-4-2-8(3-5-9)6-7-14-13/h2-5H,6-7,13H2,1H3. The van der Waals surface area contributed by atoms with Crippen molar-refractivity contribution in [3.8, 4) is 0 Å². The van der Waals surface area contributed by atoms with Crippen LogP contribution in [0.15, 0.2) is 24.3 Å². The quantitative estimate of drug-likeness (QED) is 0.758. The number of halogens is 2. The van der Waals surface area contributed by atoms with Crippen LogP contribution in [0.3, 0.4) is 0 Å². The molecule has 0 spiro atoms. The maximum atomic E-state index is 12.8. The Bertz CT molecular complexity index is 279. The molecule has 0 aliphatic heterocycles. The highest BCUT2D eigenvalue weighted by Gasteiger charge is 2.23. The van der Waals surface area contributed by atoms with Crippen molar-refractivity contribution in [1.82, 2.24) is 0 Å². The van der Waals surface area contributed by atoms with E-state index in [0.29, 0.717) is 13.0 Å². The number of hydrogen-bond acceptors (Lipinski definition) is 2. The van der Waals surface area contributed by atoms with Crippen LogP contribution < -0.4 is 5.90 Å². The van der Waals surface area contributed by atoms with Crippen molar-refractivity contribution in [2.75, 3.05) is 6.61 Å². The minimum Gasteiger partial charge on any atom is -0.304 e. The highest BCUT2D eigenvalue weighted by molar-refractivity contribution is 5.25. The predicted octanol–water partition coefficient (Wildman–Crippen LogP) is 2.23. The molecule has 2 N–H and O–H groups in total. The van der Waals surface area contributed by atoms with E-state index in [1.807, 2.05) is 0 Å². The SMILES string of the molecule is CC(F)(F)c1ccc(CCON)cc1. The van der Waals surface area contributed by atoms with Gasteiger partial charge in [0.2, 0.25) is 0 Å². The van der Waals surface area contributed by atoms with E-state index in [1.165, 1.54) is 12.1 Å². The summed E-state index contributed by atoms with van der Waals surface area (Å²) >= 11 is 0. The highest BCUT2D eigenvalue weighted by atomic mass is 19.3. The van der Waals surface area contributed by atoms with Crippen molar-refractivity contribution >= 4 is 0 Å². The van der Waals surface area contributed by atoms with E-state index in [2.05, 4.69) is 4.84 Å². The van der Waals surface area contributed by atoms with Crippen LogP contribution >= 0.6 is 0 Å². The molecular weight excluding hydrogens is 188 g/mol. The molecule has 0 saturated carbocycles. The Kier molecular flexibility index (Phi) is 3.55. The summed E-state index contributed by atoms with van der Waals surface area (Å²) in [6.07, 6.45) is 0.631. The van der Waals surface area contributed by atoms with Gasteiger partial charge in [-0.1, -0.05) is 24.3 Å². The van der Waals surface area contributed by atoms with Gasteiger partial charge in [0, 0.05) is 12.5 Å². The third-order valence-corrected chi connectivity index (χ3v) is 1.97. The van der Waals surface area contributed by atoms with Crippen LogP contribution in [0.4, 0.5) is 8.78 Å². The lowest BCUT2D eigenvalue weighted by atomic mass is 10.1. The fraction of sp³-hybridized carbons (Fsp3) is 0.400. The smallest absolute Gasteiger partial charge is 0.270 e. The molecule has 2 nitrogen and oxygen atoms in total. The van der Waals surface area contributed by atoms with Crippen LogP contribution in [0, 0.1) is 0 Å². The van der Waals surface area contributed by atoms with Crippen LogP contribution in [0.25, 0.3) is 0 Å². The summed E-state index contributed by atoms with van der Waals surface area (Å²) in [5, 5.41) is 0. The summed E-state index contributed by atoms with van der Waals surface area (Å²) in [4.78, 5) is 4.40. The second kappa shape index (κ2) is 4.48. The lowest BCUT2D eigenvalue weighted by Gasteiger charge is -2.10. The second-order valence-corrected chi connectivity index (χ2v) is 3.21. The third kappa shape index (κ3) is 3.05. The average molecular weight is 201 g/mol. The summed E-state index contributed by atoms with van der Waals surface area (Å²) in [5.74, 6) is 2.08. The van der Waals surface area contributed by atoms with Gasteiger partial charge >= 0.3 is 0 Å². The Morgan fingerprint density at radius 1 is 1.29 bits per heavy atom. The molecule has 0 saturated heterocycles. The van der Waals surface area contributed by atoms with E-state index >= 15 is 0 Å². The van der Waals surface area contributed by atoms with Crippen LogP contribution in [0.1, 0.15) is 18.1 Å². The van der Waals surface area contributed by atoms with E-state index in [-0.39, 0.29) is 5.56 Å². The van der Waals surface area contributed by atoms with Crippen molar-refractivity contribution in [3.05, 3.63) is 35.4 Å². The van der Waals surface area contributed by atoms with Gasteiger partial charge in [0.1, 0.15) is 0 Å². The van der Waals surface area contributed by atoms with Crippen molar-refractivity contribution in [2.45, 2.75) is 19.3 Å². The summed E-state index contributed by atoms with van der Waals surface area (Å²) < 4.78 is 25.6. The average Bonchev–Trinajstić information content (AvgIpc) is 2.14. The second-order valence-electron chi connectivity index (χ2n) is 3.21. The minimum atomic E-state index is -2.77. The van der Waals surface area contributed by atoms with E-state index in [9.17, 15) is 8.78 Å². The van der Waals surface area contributed by atoms with Gasteiger partial charge in [0.25, 0.3) is 5.92 Å². The molecule has 14 heavy (non-hydrogen) atoms. The molecule has 0 amide bonds. The lowest BCUT2D eigenvalue weighted by molar-refractivity contribution is 0.0174. The minimum absolute atomic E-state index is 0.0231. The summed E-state index contributed by atoms with van der Waals surface area (Å²) in [7, 11) is 0. The van der Waals surface area contributed by atoms with E-state index in [4.69, 9.17) is 5.90 Å². The van der Waals surface area contributed by atoms with Gasteiger partial charge in [-0.2, -0.15) is 0 Å². The molecule has 78 valence electrons. The van der Waals surface area contributed by atoms with E-state index in [0.717, 1.165) is 12.5 Å². The zero-order valence-electron chi connectivity index (χ0n) is 7.97. The van der Waals surface area contributed by atoms with Crippen LogP contribution in [0.5, 0.6) is 0 Å². The monoisotopic (exact) mass is 201 g/mol. The molecule has 0 heterocycles. The molecule has 0 bridgehead atoms. The van der Waals surface area contributed by atoms with Crippen molar-refractivity contribution in [3.63, 3.8) is 0 Å². The Morgan fingerprint density at radius 2 is 1.86 bits per heavy atom. The van der Waals surface area contributed by atoms with Gasteiger partial charge < -0.3 is 4.84 Å². The Hall–Kier alpha value is -1.00. The molecule has 0 radical (unpaired) electrons. The van der Waals surface area contributed by atoms with Gasteiger partial charge in [0.15, 0.2) is 0 Å². The summed E-state index contributed by atoms with van der Waals surface area (Å²) in [6, 6.07) is 6.16. The topological polar surface area (TPSA) is 35.2 Å². The molecule has 4 heteroatoms. The highest BCUT2D eigenvalue weighted by Crippen LogP contribution is 2.26. The molecular formula is C10H13F2NO. The number of hydrogen-bond donors (Lipinski definition) is 1. The molecule has 0 aromatic heterocycles. The largest absolute Gasteiger partial charge is 0.304 e. The van der Waals surface area contributed by atoms with Crippen molar-refractivity contribution in [2.24, 2.45) is 5.90 Å². The zero-order valence-corrected chi connectivity index (χ0v) is 7.97. The molecule has 0 aliphatic rings. The molecule has 1 aromatic rings. The molecule has 0 atom stereocenters. The fourth-order valence-electron chi connectivity index (χ4n) is 1.14. The fourth-order valence-corrected chi connectivity index (χ4v) is 1.14. The first-order valence-corrected chi connectivity index (χ1v) is 4.33. The summed E-state index contributed by atoms with van der Waals surface area (Å²) in [6.45, 7) is 1.27. The van der Waals surface area contributed by atoms with Gasteiger partial charge in [0.05, 0.1) is 6.61 Å².